The number of rotatable bonds is 22. The van der Waals surface area contributed by atoms with Crippen LogP contribution in [-0.4, -0.2) is 201 Å². The molecule has 27 nitrogen and oxygen atoms in total. The number of aryl methyl sites for hydroxylation is 2. The lowest BCUT2D eigenvalue weighted by Crippen LogP contribution is -2.39. The van der Waals surface area contributed by atoms with Crippen LogP contribution in [-0.2, 0) is 56.4 Å². The molecule has 4 aliphatic heterocycles. The first-order valence-electron chi connectivity index (χ1n) is 46.5. The normalized spacial score (nSPS) is 18.5. The van der Waals surface area contributed by atoms with Crippen LogP contribution < -0.4 is 32.5 Å². The summed E-state index contributed by atoms with van der Waals surface area (Å²) in [7, 11) is 5.30. The lowest BCUT2D eigenvalue weighted by atomic mass is 9.95. The summed E-state index contributed by atoms with van der Waals surface area (Å²) < 4.78 is 34.7. The van der Waals surface area contributed by atoms with E-state index in [1.165, 1.54) is 5.56 Å². The average Bonchev–Trinajstić information content (AvgIpc) is 0.798. The van der Waals surface area contributed by atoms with Crippen LogP contribution >= 0.6 is 11.8 Å². The van der Waals surface area contributed by atoms with Gasteiger partial charge in [-0.1, -0.05) is 133 Å². The lowest BCUT2D eigenvalue weighted by molar-refractivity contribution is -0.0395. The first-order valence-corrected chi connectivity index (χ1v) is 47.7. The molecule has 0 radical (unpaired) electrons. The van der Waals surface area contributed by atoms with Crippen LogP contribution in [0.1, 0.15) is 114 Å². The van der Waals surface area contributed by atoms with Gasteiger partial charge in [-0.05, 0) is 199 Å². The van der Waals surface area contributed by atoms with E-state index in [-0.39, 0.29) is 66.2 Å². The first kappa shape index (κ1) is 93.3. The Bertz CT molecular complexity index is 7410. The number of ether oxygens (including phenoxy) is 5. The highest BCUT2D eigenvalue weighted by atomic mass is 32.2. The van der Waals surface area contributed by atoms with E-state index in [0.717, 1.165) is 141 Å². The molecular formula is C108H112N14O13S. The molecule has 698 valence electrons. The van der Waals surface area contributed by atoms with Gasteiger partial charge in [-0.25, -0.2) is 19.9 Å². The number of fused-ring (bicyclic) bond motifs is 12. The molecule has 0 amide bonds. The predicted octanol–water partition coefficient (Wildman–Crippen LogP) is 15.0. The van der Waals surface area contributed by atoms with Gasteiger partial charge in [0.15, 0.2) is 0 Å². The molecule has 17 aromatic rings. The molecule has 136 heavy (non-hydrogen) atoms. The molecule has 4 saturated heterocycles. The fourth-order valence-electron chi connectivity index (χ4n) is 19.3. The maximum atomic E-state index is 13.7. The highest BCUT2D eigenvalue weighted by Gasteiger charge is 2.33. The van der Waals surface area contributed by atoms with E-state index < -0.39 is 24.4 Å². The van der Waals surface area contributed by atoms with E-state index in [4.69, 9.17) is 33.7 Å². The number of nitrogens with zero attached hydrogens (tertiary/aromatic N) is 13. The number of aliphatic hydroxyl groups excluding tert-OH is 4. The molecule has 0 bridgehead atoms. The van der Waals surface area contributed by atoms with Crippen LogP contribution in [0.4, 0.5) is 11.4 Å². The standard InChI is InChI=1S/C30H35N3O5.C27H25N5O3.C27H29N3O3.C24H23N3O2S/c1-36-15-12-32(13-16-37-2)23-9-7-21(8-10-23)17-22-18-26-29(25-6-4-3-5-24(22)25)31-20-33(30(26)35)27-11-14-38-19-28(27)34;1-31-14-18(13-29-31)23-8-4-5-19(30-23)11-17-12-22-26(21-7-3-2-6-20(17)21)28-16-32(27(22)34)24-9-10-35-15-25(24)33;1-17(2)29-20-9-7-18(8-10-20)13-19-14-23-26(22-6-4-3-5-21(19)22)28-16-30(27(23)32)24-11-12-33-15-25(24)31;1-15-6-7-16(12-25-15)10-17-11-20-23(19-5-3-2-4-18(17)19)26-14-27(24(20)29)21-8-9-30-13-22(21)28/h3-10,18,20,27-28,34H,11-17,19H2,1-2H3;2-8,12-14,16,24-25,33H,9-11,15H2,1H3;3-10,14,16-17,24-25,29,31H,11-13,15H2,1-2H3;2-7,11-12,14,21-22,28H,8-10,13H2,1H3/t27-,28-;2*24-,25-;21-,22-/m0000/s1. The van der Waals surface area contributed by atoms with Crippen molar-refractivity contribution in [3.05, 3.63) is 336 Å². The largest absolute Gasteiger partial charge is 0.390 e. The highest BCUT2D eigenvalue weighted by Crippen LogP contribution is 2.37. The van der Waals surface area contributed by atoms with Crippen molar-refractivity contribution in [3.8, 4) is 11.3 Å². The third-order valence-corrected chi connectivity index (χ3v) is 27.4. The van der Waals surface area contributed by atoms with Crippen LogP contribution in [0.5, 0.6) is 0 Å². The van der Waals surface area contributed by atoms with E-state index in [9.17, 15) is 39.6 Å². The number of nitrogens with one attached hydrogen (secondary N) is 1. The number of aliphatic hydroxyl groups is 4. The Morgan fingerprint density at radius 3 is 1.21 bits per heavy atom. The molecule has 5 N–H and O–H groups in total. The van der Waals surface area contributed by atoms with Crippen molar-refractivity contribution in [1.29, 1.82) is 0 Å². The minimum atomic E-state index is -0.736. The Labute approximate surface area is 790 Å². The van der Waals surface area contributed by atoms with E-state index in [1.807, 2.05) is 148 Å². The Balaban J connectivity index is 0.000000121. The van der Waals surface area contributed by atoms with Gasteiger partial charge in [-0.2, -0.15) is 16.9 Å². The summed E-state index contributed by atoms with van der Waals surface area (Å²) in [5.41, 5.74) is 15.9. The Kier molecular flexibility index (Phi) is 29.1. The maximum Gasteiger partial charge on any atom is 0.261 e. The number of thioether (sulfide) groups is 1. The lowest BCUT2D eigenvalue weighted by Gasteiger charge is -2.29. The Hall–Kier alpha value is -13.1. The Morgan fingerprint density at radius 2 is 0.831 bits per heavy atom. The zero-order valence-electron chi connectivity index (χ0n) is 77.1. The third kappa shape index (κ3) is 20.4. The van der Waals surface area contributed by atoms with Crippen molar-refractivity contribution >= 4 is 110 Å². The zero-order chi connectivity index (χ0) is 94.0. The number of pyridine rings is 2. The summed E-state index contributed by atoms with van der Waals surface area (Å²) in [6, 6.07) is 66.4. The molecule has 4 aliphatic rings. The molecule has 0 spiro atoms. The minimum absolute atomic E-state index is 0.0787. The number of aromatic nitrogens is 12. The number of hydrogen-bond donors (Lipinski definition) is 5. The van der Waals surface area contributed by atoms with Gasteiger partial charge < -0.3 is 54.3 Å². The molecule has 11 heterocycles. The van der Waals surface area contributed by atoms with Gasteiger partial charge in [0.05, 0.1) is 162 Å². The molecule has 0 aliphatic carbocycles. The Morgan fingerprint density at radius 1 is 0.441 bits per heavy atom. The molecule has 21 rings (SSSR count). The van der Waals surface area contributed by atoms with E-state index >= 15 is 0 Å². The van der Waals surface area contributed by atoms with E-state index in [1.54, 1.807) is 80.4 Å². The second kappa shape index (κ2) is 42.4. The number of hydrogen-bond acceptors (Lipinski definition) is 23. The summed E-state index contributed by atoms with van der Waals surface area (Å²) in [6.07, 6.45) is 14.4. The molecular weight excluding hydrogens is 1730 g/mol. The fourth-order valence-corrected chi connectivity index (χ4v) is 20.3. The quantitative estimate of drug-likeness (QED) is 0.0394. The van der Waals surface area contributed by atoms with Crippen LogP contribution in [0.3, 0.4) is 0 Å². The van der Waals surface area contributed by atoms with Crippen molar-refractivity contribution in [2.24, 2.45) is 7.05 Å². The SMILES string of the molecule is CC(C)Nc1ccc(Cc2cc3c(=O)n([C@H]4CCOC[C@@H]4O)cnc3c3ccccc23)cc1.COCCN(CCOC)c1ccc(Cc2cc3c(=O)n([C@H]4CCOC[C@@H]4O)cnc3c3ccccc23)cc1.Cc1ccc(Cc2cc3c(=O)n([C@H]4CCSC[C@@H]4O)cnc3c3ccccc23)cn1.Cn1cc(-c2cccc(Cc3cc4c(=O)n([C@H]5CCOC[C@@H]5O)cnc4c4ccccc34)n2)cn1. The maximum absolute atomic E-state index is 13.7. The molecule has 4 fully saturated rings. The van der Waals surface area contributed by atoms with Crippen molar-refractivity contribution < 1.29 is 44.1 Å². The molecule has 28 heteroatoms. The third-order valence-electron chi connectivity index (χ3n) is 26.3. The van der Waals surface area contributed by atoms with Crippen molar-refractivity contribution in [3.63, 3.8) is 0 Å². The monoisotopic (exact) mass is 1840 g/mol. The van der Waals surface area contributed by atoms with Crippen LogP contribution in [0.2, 0.25) is 0 Å². The fraction of sp³-hybridized carbons (Fsp3) is 0.324. The van der Waals surface area contributed by atoms with Crippen molar-refractivity contribution in [1.82, 2.24) is 58.0 Å². The summed E-state index contributed by atoms with van der Waals surface area (Å²) >= 11 is 1.73. The smallest absolute Gasteiger partial charge is 0.261 e. The van der Waals surface area contributed by atoms with Crippen LogP contribution in [0.15, 0.2) is 263 Å². The number of anilines is 2. The summed E-state index contributed by atoms with van der Waals surface area (Å²) in [4.78, 5) is 84.5. The number of benzene rings is 10. The molecule has 8 atom stereocenters. The second-order valence-electron chi connectivity index (χ2n) is 35.8. The van der Waals surface area contributed by atoms with E-state index in [0.29, 0.717) is 128 Å². The van der Waals surface area contributed by atoms with Gasteiger partial charge in [0.25, 0.3) is 22.2 Å². The summed E-state index contributed by atoms with van der Waals surface area (Å²) in [5, 5.41) is 59.9. The van der Waals surface area contributed by atoms with Crippen molar-refractivity contribution in [2.75, 3.05) is 102 Å². The average molecular weight is 1850 g/mol. The van der Waals surface area contributed by atoms with Gasteiger partial charge >= 0.3 is 0 Å². The summed E-state index contributed by atoms with van der Waals surface area (Å²) in [6.45, 7) is 11.3. The van der Waals surface area contributed by atoms with Gasteiger partial charge in [0, 0.05) is 135 Å². The zero-order valence-corrected chi connectivity index (χ0v) is 77.9. The first-order chi connectivity index (χ1) is 66.3. The second-order valence-corrected chi connectivity index (χ2v) is 36.9. The van der Waals surface area contributed by atoms with E-state index in [2.05, 4.69) is 128 Å². The molecule has 7 aromatic heterocycles. The van der Waals surface area contributed by atoms with Gasteiger partial charge in [0.1, 0.15) is 0 Å². The minimum Gasteiger partial charge on any atom is -0.390 e. The van der Waals surface area contributed by atoms with Gasteiger partial charge in [-0.3, -0.25) is 52.1 Å². The van der Waals surface area contributed by atoms with Crippen molar-refractivity contribution in [2.45, 2.75) is 127 Å². The van der Waals surface area contributed by atoms with Gasteiger partial charge in [-0.15, -0.1) is 0 Å². The molecule has 0 saturated carbocycles. The molecule has 10 aromatic carbocycles. The molecule has 0 unspecified atom stereocenters. The summed E-state index contributed by atoms with van der Waals surface area (Å²) in [5.74, 6) is 1.59. The van der Waals surface area contributed by atoms with Gasteiger partial charge in [0.2, 0.25) is 0 Å². The number of methoxy groups -OCH3 is 2. The van der Waals surface area contributed by atoms with Crippen LogP contribution in [0.25, 0.3) is 98.0 Å². The van der Waals surface area contributed by atoms with Crippen LogP contribution in [0, 0.1) is 6.92 Å². The predicted molar refractivity (Wildman–Crippen MR) is 537 cm³/mol. The highest BCUT2D eigenvalue weighted by molar-refractivity contribution is 7.99. The topological polar surface area (TPSA) is 326 Å².